The zero-order chi connectivity index (χ0) is 19.1. The average Bonchev–Trinajstić information content (AvgIpc) is 3.02. The third-order valence-corrected chi connectivity index (χ3v) is 7.60. The predicted octanol–water partition coefficient (Wildman–Crippen LogP) is 6.27. The lowest BCUT2D eigenvalue weighted by Crippen LogP contribution is -2.32. The molecule has 4 rings (SSSR count). The maximum absolute atomic E-state index is 5.42. The average molecular weight is 362 g/mol. The van der Waals surface area contributed by atoms with Crippen LogP contribution in [0.2, 0.25) is 0 Å². The van der Waals surface area contributed by atoms with Gasteiger partial charge in [-0.05, 0) is 60.3 Å². The Hall–Kier alpha value is -2.09. The van der Waals surface area contributed by atoms with Crippen molar-refractivity contribution in [2.75, 3.05) is 7.11 Å². The van der Waals surface area contributed by atoms with E-state index in [0.717, 1.165) is 18.1 Å². The third-order valence-electron chi connectivity index (χ3n) is 7.60. The molecule has 2 fully saturated rings. The molecule has 2 aliphatic carbocycles. The summed E-state index contributed by atoms with van der Waals surface area (Å²) >= 11 is 0. The first kappa shape index (κ1) is 18.3. The summed E-state index contributed by atoms with van der Waals surface area (Å²) in [4.78, 5) is 5.42. The Morgan fingerprint density at radius 2 is 1.74 bits per heavy atom. The smallest absolute Gasteiger partial charge is 0.118 e. The first-order chi connectivity index (χ1) is 12.9. The van der Waals surface area contributed by atoms with Gasteiger partial charge < -0.3 is 4.74 Å². The largest absolute Gasteiger partial charge is 0.497 e. The Balaban J connectivity index is 1.67. The van der Waals surface area contributed by atoms with E-state index in [1.54, 1.807) is 7.11 Å². The molecule has 0 aliphatic heterocycles. The minimum Gasteiger partial charge on any atom is -0.497 e. The maximum Gasteiger partial charge on any atom is 0.118 e. The van der Waals surface area contributed by atoms with Crippen molar-refractivity contribution in [3.63, 3.8) is 0 Å². The maximum atomic E-state index is 5.42. The van der Waals surface area contributed by atoms with Crippen LogP contribution >= 0.6 is 0 Å². The Labute approximate surface area is 163 Å². The molecule has 3 atom stereocenters. The highest BCUT2D eigenvalue weighted by Crippen LogP contribution is 2.64. The summed E-state index contributed by atoms with van der Waals surface area (Å²) in [5.74, 6) is 1.70. The molecule has 2 bridgehead atoms. The molecule has 0 saturated heterocycles. The highest BCUT2D eigenvalue weighted by molar-refractivity contribution is 5.94. The zero-order valence-electron chi connectivity index (χ0n) is 17.0. The van der Waals surface area contributed by atoms with Crippen molar-refractivity contribution < 1.29 is 4.74 Å². The van der Waals surface area contributed by atoms with Crippen molar-refractivity contribution in [2.45, 2.75) is 52.5 Å². The molecule has 0 amide bonds. The fourth-order valence-corrected chi connectivity index (χ4v) is 5.21. The van der Waals surface area contributed by atoms with E-state index >= 15 is 0 Å². The van der Waals surface area contributed by atoms with Crippen molar-refractivity contribution in [2.24, 2.45) is 21.7 Å². The monoisotopic (exact) mass is 361 g/mol. The molecule has 0 heterocycles. The number of ether oxygens (including phenoxy) is 1. The van der Waals surface area contributed by atoms with Crippen molar-refractivity contribution in [3.8, 4) is 5.75 Å². The summed E-state index contributed by atoms with van der Waals surface area (Å²) in [5, 5.41) is 0. The second-order valence-electron chi connectivity index (χ2n) is 9.05. The first-order valence-electron chi connectivity index (χ1n) is 10.2. The Bertz CT molecular complexity index is 821. The van der Waals surface area contributed by atoms with E-state index in [4.69, 9.17) is 9.73 Å². The molecule has 0 radical (unpaired) electrons. The number of hydrogen-bond donors (Lipinski definition) is 0. The van der Waals surface area contributed by atoms with Crippen LogP contribution in [0.25, 0.3) is 0 Å². The first-order valence-corrected chi connectivity index (χ1v) is 10.2. The van der Waals surface area contributed by atoms with Crippen molar-refractivity contribution in [1.82, 2.24) is 0 Å². The number of nitrogens with zero attached hydrogens (tertiary/aromatic N) is 1. The highest BCUT2D eigenvalue weighted by Gasteiger charge is 2.59. The van der Waals surface area contributed by atoms with E-state index in [0.29, 0.717) is 5.41 Å². The Morgan fingerprint density at radius 1 is 1.04 bits per heavy atom. The SMILES string of the molecule is COc1ccc(CC(N=C2CC3CCC2(C)C3(C)C)c2ccccc2)cc1. The molecule has 142 valence electrons. The standard InChI is InChI=1S/C25H31NO/c1-24(2)20-14-15-25(24,3)23(17-20)26-22(19-8-6-5-7-9-19)16-18-10-12-21(27-4)13-11-18/h5-13,20,22H,14-17H2,1-4H3. The van der Waals surface area contributed by atoms with Gasteiger partial charge in [0, 0.05) is 11.1 Å². The molecule has 2 heteroatoms. The summed E-state index contributed by atoms with van der Waals surface area (Å²) in [5.41, 5.74) is 4.69. The summed E-state index contributed by atoms with van der Waals surface area (Å²) in [7, 11) is 1.71. The van der Waals surface area contributed by atoms with Gasteiger partial charge in [0.15, 0.2) is 0 Å². The van der Waals surface area contributed by atoms with Gasteiger partial charge in [-0.2, -0.15) is 0 Å². The third kappa shape index (κ3) is 3.09. The van der Waals surface area contributed by atoms with E-state index < -0.39 is 0 Å². The van der Waals surface area contributed by atoms with Crippen LogP contribution in [0.1, 0.15) is 57.2 Å². The number of rotatable bonds is 5. The molecule has 2 aliphatic rings. The number of benzene rings is 2. The molecule has 2 aromatic carbocycles. The number of methoxy groups -OCH3 is 1. The van der Waals surface area contributed by atoms with Gasteiger partial charge in [0.05, 0.1) is 13.2 Å². The normalized spacial score (nSPS) is 28.4. The summed E-state index contributed by atoms with van der Waals surface area (Å²) in [6, 6.07) is 19.4. The van der Waals surface area contributed by atoms with Gasteiger partial charge in [-0.15, -0.1) is 0 Å². The molecule has 0 N–H and O–H groups in total. The molecular formula is C25H31NO. The van der Waals surface area contributed by atoms with Gasteiger partial charge in [0.2, 0.25) is 0 Å². The second kappa shape index (κ2) is 6.82. The lowest BCUT2D eigenvalue weighted by molar-refractivity contribution is 0.193. The van der Waals surface area contributed by atoms with Crippen LogP contribution in [-0.4, -0.2) is 12.8 Å². The van der Waals surface area contributed by atoms with E-state index in [2.05, 4.69) is 63.2 Å². The van der Waals surface area contributed by atoms with E-state index in [1.165, 1.54) is 36.1 Å². The molecule has 2 nitrogen and oxygen atoms in total. The van der Waals surface area contributed by atoms with Gasteiger partial charge >= 0.3 is 0 Å². The fraction of sp³-hybridized carbons (Fsp3) is 0.480. The molecule has 3 unspecified atom stereocenters. The van der Waals surface area contributed by atoms with Gasteiger partial charge in [-0.25, -0.2) is 0 Å². The minimum absolute atomic E-state index is 0.182. The van der Waals surface area contributed by atoms with Crippen molar-refractivity contribution in [3.05, 3.63) is 65.7 Å². The van der Waals surface area contributed by atoms with Gasteiger partial charge in [0.1, 0.15) is 5.75 Å². The van der Waals surface area contributed by atoms with Gasteiger partial charge in [0.25, 0.3) is 0 Å². The summed E-state index contributed by atoms with van der Waals surface area (Å²) in [6.07, 6.45) is 4.75. The van der Waals surface area contributed by atoms with Crippen LogP contribution < -0.4 is 4.74 Å². The molecular weight excluding hydrogens is 330 g/mol. The second-order valence-corrected chi connectivity index (χ2v) is 9.05. The summed E-state index contributed by atoms with van der Waals surface area (Å²) < 4.78 is 5.31. The molecule has 27 heavy (non-hydrogen) atoms. The summed E-state index contributed by atoms with van der Waals surface area (Å²) in [6.45, 7) is 7.36. The lowest BCUT2D eigenvalue weighted by Gasteiger charge is -2.35. The van der Waals surface area contributed by atoms with Crippen molar-refractivity contribution in [1.29, 1.82) is 0 Å². The molecule has 0 spiro atoms. The zero-order valence-corrected chi connectivity index (χ0v) is 17.0. The van der Waals surface area contributed by atoms with Crippen LogP contribution in [0.15, 0.2) is 59.6 Å². The lowest BCUT2D eigenvalue weighted by atomic mass is 9.70. The van der Waals surface area contributed by atoms with E-state index in [-0.39, 0.29) is 11.5 Å². The van der Waals surface area contributed by atoms with Crippen LogP contribution in [0.4, 0.5) is 0 Å². The van der Waals surface area contributed by atoms with Crippen LogP contribution in [-0.2, 0) is 6.42 Å². The topological polar surface area (TPSA) is 21.6 Å². The van der Waals surface area contributed by atoms with Crippen LogP contribution in [0.5, 0.6) is 5.75 Å². The minimum atomic E-state index is 0.182. The number of aliphatic imine (C=N–C) groups is 1. The van der Waals surface area contributed by atoms with Gasteiger partial charge in [-0.3, -0.25) is 4.99 Å². The van der Waals surface area contributed by atoms with Gasteiger partial charge in [-0.1, -0.05) is 63.2 Å². The fourth-order valence-electron chi connectivity index (χ4n) is 5.21. The molecule has 2 aromatic rings. The number of fused-ring (bicyclic) bond motifs is 2. The highest BCUT2D eigenvalue weighted by atomic mass is 16.5. The molecule has 0 aromatic heterocycles. The quantitative estimate of drug-likeness (QED) is 0.615. The van der Waals surface area contributed by atoms with E-state index in [1.807, 2.05) is 12.1 Å². The van der Waals surface area contributed by atoms with Crippen molar-refractivity contribution >= 4 is 5.71 Å². The molecule has 2 saturated carbocycles. The van der Waals surface area contributed by atoms with E-state index in [9.17, 15) is 0 Å². The number of hydrogen-bond acceptors (Lipinski definition) is 2. The van der Waals surface area contributed by atoms with Crippen LogP contribution in [0, 0.1) is 16.7 Å². The Kier molecular flexibility index (Phi) is 4.61. The van der Waals surface area contributed by atoms with Crippen LogP contribution in [0.3, 0.4) is 0 Å². The Morgan fingerprint density at radius 3 is 2.30 bits per heavy atom. The predicted molar refractivity (Wildman–Crippen MR) is 113 cm³/mol.